The third kappa shape index (κ3) is 5.18. The Kier molecular flexibility index (Phi) is 7.46. The van der Waals surface area contributed by atoms with Crippen molar-refractivity contribution >= 4 is 29.0 Å². The van der Waals surface area contributed by atoms with E-state index >= 15 is 0 Å². The SMILES string of the molecule is CCC(Sc1cccs1)C(=O)NCCc1ccc(OC)c(OC)c1. The van der Waals surface area contributed by atoms with Crippen molar-refractivity contribution in [3.8, 4) is 11.5 Å². The molecule has 1 amide bonds. The molecular weight excluding hydrogens is 342 g/mol. The number of hydrogen-bond donors (Lipinski definition) is 1. The van der Waals surface area contributed by atoms with Crippen LogP contribution >= 0.6 is 23.1 Å². The van der Waals surface area contributed by atoms with E-state index in [-0.39, 0.29) is 11.2 Å². The molecule has 0 spiro atoms. The van der Waals surface area contributed by atoms with Crippen LogP contribution in [0.2, 0.25) is 0 Å². The van der Waals surface area contributed by atoms with Crippen LogP contribution < -0.4 is 14.8 Å². The predicted octanol–water partition coefficient (Wildman–Crippen LogP) is 3.99. The summed E-state index contributed by atoms with van der Waals surface area (Å²) in [6.45, 7) is 2.65. The van der Waals surface area contributed by atoms with Crippen LogP contribution in [-0.4, -0.2) is 31.9 Å². The number of nitrogens with one attached hydrogen (secondary N) is 1. The maximum absolute atomic E-state index is 12.3. The Labute approximate surface area is 151 Å². The van der Waals surface area contributed by atoms with Gasteiger partial charge in [-0.3, -0.25) is 4.79 Å². The number of thiophene rings is 1. The molecule has 1 heterocycles. The van der Waals surface area contributed by atoms with E-state index in [1.54, 1.807) is 37.3 Å². The Morgan fingerprint density at radius 3 is 2.67 bits per heavy atom. The van der Waals surface area contributed by atoms with Gasteiger partial charge in [-0.15, -0.1) is 23.1 Å². The van der Waals surface area contributed by atoms with Crippen molar-refractivity contribution in [2.75, 3.05) is 20.8 Å². The molecule has 0 aliphatic heterocycles. The molecule has 130 valence electrons. The van der Waals surface area contributed by atoms with Crippen molar-refractivity contribution < 1.29 is 14.3 Å². The molecule has 2 rings (SSSR count). The zero-order valence-electron chi connectivity index (χ0n) is 14.2. The fraction of sp³-hybridized carbons (Fsp3) is 0.389. The third-order valence-corrected chi connectivity index (χ3v) is 6.02. The number of rotatable bonds is 9. The molecule has 0 fully saturated rings. The molecule has 0 saturated carbocycles. The van der Waals surface area contributed by atoms with Crippen molar-refractivity contribution in [2.24, 2.45) is 0 Å². The van der Waals surface area contributed by atoms with Crippen LogP contribution in [0.4, 0.5) is 0 Å². The van der Waals surface area contributed by atoms with Crippen molar-refractivity contribution in [1.29, 1.82) is 0 Å². The van der Waals surface area contributed by atoms with E-state index in [9.17, 15) is 4.79 Å². The van der Waals surface area contributed by atoms with Crippen LogP contribution in [-0.2, 0) is 11.2 Å². The zero-order chi connectivity index (χ0) is 17.4. The monoisotopic (exact) mass is 365 g/mol. The lowest BCUT2D eigenvalue weighted by molar-refractivity contribution is -0.120. The van der Waals surface area contributed by atoms with Gasteiger partial charge in [0.15, 0.2) is 11.5 Å². The first-order valence-electron chi connectivity index (χ1n) is 7.86. The molecule has 0 radical (unpaired) electrons. The van der Waals surface area contributed by atoms with E-state index in [1.807, 2.05) is 36.6 Å². The molecule has 2 aromatic rings. The number of amides is 1. The van der Waals surface area contributed by atoms with Crippen molar-refractivity contribution in [2.45, 2.75) is 29.2 Å². The summed E-state index contributed by atoms with van der Waals surface area (Å²) in [5.74, 6) is 1.51. The lowest BCUT2D eigenvalue weighted by atomic mass is 10.1. The van der Waals surface area contributed by atoms with Gasteiger partial charge in [0.05, 0.1) is 23.7 Å². The Hall–Kier alpha value is -1.66. The van der Waals surface area contributed by atoms with Crippen molar-refractivity contribution in [3.05, 3.63) is 41.3 Å². The molecule has 1 aromatic heterocycles. The summed E-state index contributed by atoms with van der Waals surface area (Å²) in [7, 11) is 3.24. The summed E-state index contributed by atoms with van der Waals surface area (Å²) in [6.07, 6.45) is 1.57. The number of hydrogen-bond acceptors (Lipinski definition) is 5. The third-order valence-electron chi connectivity index (χ3n) is 3.58. The van der Waals surface area contributed by atoms with Crippen LogP contribution in [0.5, 0.6) is 11.5 Å². The van der Waals surface area contributed by atoms with Gasteiger partial charge < -0.3 is 14.8 Å². The minimum absolute atomic E-state index is 0.0472. The van der Waals surface area contributed by atoms with E-state index in [0.717, 1.165) is 18.4 Å². The van der Waals surface area contributed by atoms with Gasteiger partial charge in [-0.1, -0.05) is 19.1 Å². The largest absolute Gasteiger partial charge is 0.493 e. The topological polar surface area (TPSA) is 47.6 Å². The quantitative estimate of drug-likeness (QED) is 0.683. The fourth-order valence-corrected chi connectivity index (χ4v) is 4.25. The standard InChI is InChI=1S/C18H23NO3S2/c1-4-16(24-17-6-5-11-23-17)18(20)19-10-9-13-7-8-14(21-2)15(12-13)22-3/h5-8,11-12,16H,4,9-10H2,1-3H3,(H,19,20). The van der Waals surface area contributed by atoms with Gasteiger partial charge >= 0.3 is 0 Å². The smallest absolute Gasteiger partial charge is 0.233 e. The van der Waals surface area contributed by atoms with E-state index < -0.39 is 0 Å². The van der Waals surface area contributed by atoms with E-state index in [0.29, 0.717) is 18.0 Å². The second-order valence-corrected chi connectivity index (χ2v) is 7.63. The molecule has 0 saturated heterocycles. The molecule has 24 heavy (non-hydrogen) atoms. The average Bonchev–Trinajstić information content (AvgIpc) is 3.12. The molecule has 1 N–H and O–H groups in total. The van der Waals surface area contributed by atoms with Gasteiger partial charge in [-0.25, -0.2) is 0 Å². The van der Waals surface area contributed by atoms with E-state index in [4.69, 9.17) is 9.47 Å². The first-order chi connectivity index (χ1) is 11.7. The van der Waals surface area contributed by atoms with Gasteiger partial charge in [0.25, 0.3) is 0 Å². The molecule has 0 bridgehead atoms. The molecule has 0 aliphatic carbocycles. The highest BCUT2D eigenvalue weighted by atomic mass is 32.2. The highest BCUT2D eigenvalue weighted by molar-refractivity contribution is 8.02. The van der Waals surface area contributed by atoms with Gasteiger partial charge in [0, 0.05) is 6.54 Å². The van der Waals surface area contributed by atoms with E-state index in [2.05, 4.69) is 11.4 Å². The maximum Gasteiger partial charge on any atom is 0.233 e. The molecule has 6 heteroatoms. The number of carbonyl (C=O) groups excluding carboxylic acids is 1. The first kappa shape index (κ1) is 18.7. The number of benzene rings is 1. The molecule has 1 unspecified atom stereocenters. The molecule has 1 aromatic carbocycles. The number of methoxy groups -OCH3 is 2. The lowest BCUT2D eigenvalue weighted by Gasteiger charge is -2.14. The molecule has 4 nitrogen and oxygen atoms in total. The zero-order valence-corrected chi connectivity index (χ0v) is 15.8. The Bertz CT molecular complexity index is 644. The van der Waals surface area contributed by atoms with Crippen molar-refractivity contribution in [1.82, 2.24) is 5.32 Å². The maximum atomic E-state index is 12.3. The summed E-state index contributed by atoms with van der Waals surface area (Å²) < 4.78 is 11.7. The van der Waals surface area contributed by atoms with Gasteiger partial charge in [-0.2, -0.15) is 0 Å². The summed E-state index contributed by atoms with van der Waals surface area (Å²) >= 11 is 3.30. The van der Waals surface area contributed by atoms with Gasteiger partial charge in [0.1, 0.15) is 0 Å². The minimum Gasteiger partial charge on any atom is -0.493 e. The summed E-state index contributed by atoms with van der Waals surface area (Å²) in [5, 5.41) is 5.02. The van der Waals surface area contributed by atoms with Crippen LogP contribution in [0.15, 0.2) is 39.9 Å². The van der Waals surface area contributed by atoms with Crippen LogP contribution in [0, 0.1) is 0 Å². The fourth-order valence-electron chi connectivity index (χ4n) is 2.27. The van der Waals surface area contributed by atoms with Crippen LogP contribution in [0.3, 0.4) is 0 Å². The number of ether oxygens (including phenoxy) is 2. The Morgan fingerprint density at radius 2 is 2.04 bits per heavy atom. The minimum atomic E-state index is -0.0472. The molecule has 0 aliphatic rings. The van der Waals surface area contributed by atoms with E-state index in [1.165, 1.54) is 4.21 Å². The lowest BCUT2D eigenvalue weighted by Crippen LogP contribution is -2.33. The Morgan fingerprint density at radius 1 is 1.25 bits per heavy atom. The van der Waals surface area contributed by atoms with Gasteiger partial charge in [-0.05, 0) is 42.0 Å². The summed E-state index contributed by atoms with van der Waals surface area (Å²) in [5.41, 5.74) is 1.10. The summed E-state index contributed by atoms with van der Waals surface area (Å²) in [6, 6.07) is 9.88. The first-order valence-corrected chi connectivity index (χ1v) is 9.62. The second kappa shape index (κ2) is 9.59. The Balaban J connectivity index is 1.85. The predicted molar refractivity (Wildman–Crippen MR) is 101 cm³/mol. The number of carbonyl (C=O) groups is 1. The highest BCUT2D eigenvalue weighted by Gasteiger charge is 2.17. The van der Waals surface area contributed by atoms with Crippen LogP contribution in [0.25, 0.3) is 0 Å². The average molecular weight is 366 g/mol. The van der Waals surface area contributed by atoms with Gasteiger partial charge in [0.2, 0.25) is 5.91 Å². The van der Waals surface area contributed by atoms with Crippen molar-refractivity contribution in [3.63, 3.8) is 0 Å². The van der Waals surface area contributed by atoms with Crippen LogP contribution in [0.1, 0.15) is 18.9 Å². The second-order valence-electron chi connectivity index (χ2n) is 5.18. The molecule has 1 atom stereocenters. The highest BCUT2D eigenvalue weighted by Crippen LogP contribution is 2.30. The molecular formula is C18H23NO3S2. The normalized spacial score (nSPS) is 11.8. The number of thioether (sulfide) groups is 1. The summed E-state index contributed by atoms with van der Waals surface area (Å²) in [4.78, 5) is 12.3.